The summed E-state index contributed by atoms with van der Waals surface area (Å²) in [6.07, 6.45) is 0. The average molecular weight is 471 g/mol. The minimum atomic E-state index is -2.28. The van der Waals surface area contributed by atoms with Gasteiger partial charge in [-0.15, -0.1) is 0 Å². The maximum atomic E-state index is 12.5. The molecule has 0 bridgehead atoms. The molecule has 2 aromatic heterocycles. The maximum Gasteiger partial charge on any atom is 0.147 e. The van der Waals surface area contributed by atoms with Gasteiger partial charge in [-0.05, 0) is 58.8 Å². The molecule has 0 unspecified atom stereocenters. The number of benzene rings is 5. The van der Waals surface area contributed by atoms with Crippen molar-refractivity contribution >= 4 is 61.6 Å². The van der Waals surface area contributed by atoms with Crippen LogP contribution in [0, 0.1) is 0 Å². The first-order valence-electron chi connectivity index (χ1n) is 11.8. The molecular formula is C31H23N2OP. The molecule has 168 valence electrons. The van der Waals surface area contributed by atoms with Crippen molar-refractivity contribution in [3.05, 3.63) is 103 Å². The van der Waals surface area contributed by atoms with E-state index in [9.17, 15) is 4.57 Å². The van der Waals surface area contributed by atoms with E-state index in [0.717, 1.165) is 38.6 Å². The fourth-order valence-electron chi connectivity index (χ4n) is 5.31. The number of para-hydroxylation sites is 2. The Morgan fingerprint density at radius 2 is 1.37 bits per heavy atom. The van der Waals surface area contributed by atoms with Gasteiger partial charge in [-0.3, -0.25) is 4.40 Å². The molecule has 0 saturated carbocycles. The third-order valence-corrected chi connectivity index (χ3v) is 8.61. The molecule has 0 amide bonds. The summed E-state index contributed by atoms with van der Waals surface area (Å²) in [4.78, 5) is 5.12. The number of rotatable bonds is 2. The Labute approximate surface area is 203 Å². The first-order chi connectivity index (χ1) is 17.0. The summed E-state index contributed by atoms with van der Waals surface area (Å²) in [5.74, 6) is 0. The third-order valence-electron chi connectivity index (χ3n) is 7.06. The molecule has 0 aliphatic carbocycles. The Kier molecular flexibility index (Phi) is 4.25. The van der Waals surface area contributed by atoms with Gasteiger partial charge in [-0.1, -0.05) is 84.9 Å². The standard InChI is InChI=1S/C31H23N2OP/c1-35(2,34)23-15-11-20(12-16-23)22-14-17-25-26-18-13-21-7-3-4-8-24(21)30(26)31-32-27-9-5-6-10-28(27)33(31)29(25)19-22/h3-19H,1-2H3. The van der Waals surface area contributed by atoms with Gasteiger partial charge >= 0.3 is 0 Å². The van der Waals surface area contributed by atoms with Gasteiger partial charge in [0.2, 0.25) is 0 Å². The molecule has 0 radical (unpaired) electrons. The van der Waals surface area contributed by atoms with Gasteiger partial charge < -0.3 is 4.57 Å². The van der Waals surface area contributed by atoms with E-state index in [-0.39, 0.29) is 0 Å². The van der Waals surface area contributed by atoms with Gasteiger partial charge in [0.1, 0.15) is 12.8 Å². The van der Waals surface area contributed by atoms with Crippen LogP contribution in [0.3, 0.4) is 0 Å². The molecule has 35 heavy (non-hydrogen) atoms. The Bertz CT molecular complexity index is 2000. The number of pyridine rings is 1. The summed E-state index contributed by atoms with van der Waals surface area (Å²) in [6.45, 7) is 3.63. The molecule has 0 saturated heterocycles. The van der Waals surface area contributed by atoms with Gasteiger partial charge in [0.05, 0.1) is 16.6 Å². The van der Waals surface area contributed by atoms with Crippen molar-refractivity contribution in [3.63, 3.8) is 0 Å². The molecule has 7 aromatic rings. The number of nitrogens with zero attached hydrogens (tertiary/aromatic N) is 2. The molecule has 0 aliphatic rings. The number of hydrogen-bond acceptors (Lipinski definition) is 2. The van der Waals surface area contributed by atoms with Crippen LogP contribution < -0.4 is 5.30 Å². The molecule has 0 aliphatic heterocycles. The number of imidazole rings is 1. The topological polar surface area (TPSA) is 34.4 Å². The Morgan fingerprint density at radius 1 is 0.657 bits per heavy atom. The van der Waals surface area contributed by atoms with E-state index < -0.39 is 7.14 Å². The lowest BCUT2D eigenvalue weighted by Gasteiger charge is -2.13. The fraction of sp³-hybridized carbons (Fsp3) is 0.0645. The minimum Gasteiger partial charge on any atom is -0.319 e. The summed E-state index contributed by atoms with van der Waals surface area (Å²) in [6, 6.07) is 36.2. The van der Waals surface area contributed by atoms with Crippen LogP contribution >= 0.6 is 7.14 Å². The lowest BCUT2D eigenvalue weighted by Crippen LogP contribution is -2.01. The maximum absolute atomic E-state index is 12.5. The SMILES string of the molecule is CP(C)(=O)c1ccc(-c2ccc3c4ccc5ccccc5c4c4nc5ccccc5n4c3c2)cc1. The summed E-state index contributed by atoms with van der Waals surface area (Å²) in [7, 11) is -2.28. The molecule has 0 fully saturated rings. The first-order valence-corrected chi connectivity index (χ1v) is 14.4. The summed E-state index contributed by atoms with van der Waals surface area (Å²) >= 11 is 0. The van der Waals surface area contributed by atoms with Crippen LogP contribution in [0.4, 0.5) is 0 Å². The lowest BCUT2D eigenvalue weighted by molar-refractivity contribution is 0.588. The predicted molar refractivity (Wildman–Crippen MR) is 150 cm³/mol. The molecule has 3 nitrogen and oxygen atoms in total. The number of fused-ring (bicyclic) bond motifs is 10. The zero-order chi connectivity index (χ0) is 23.7. The highest BCUT2D eigenvalue weighted by molar-refractivity contribution is 7.70. The third kappa shape index (κ3) is 3.05. The zero-order valence-corrected chi connectivity index (χ0v) is 20.5. The van der Waals surface area contributed by atoms with Gasteiger partial charge in [-0.2, -0.15) is 0 Å². The van der Waals surface area contributed by atoms with E-state index in [1.165, 1.54) is 26.9 Å². The molecular weight excluding hydrogens is 447 g/mol. The van der Waals surface area contributed by atoms with E-state index >= 15 is 0 Å². The molecule has 7 rings (SSSR count). The number of aromatic nitrogens is 2. The van der Waals surface area contributed by atoms with Crippen LogP contribution in [-0.2, 0) is 4.57 Å². The predicted octanol–water partition coefficient (Wildman–Crippen LogP) is 7.86. The van der Waals surface area contributed by atoms with Crippen molar-refractivity contribution in [2.45, 2.75) is 0 Å². The van der Waals surface area contributed by atoms with E-state index in [1.54, 1.807) is 0 Å². The van der Waals surface area contributed by atoms with Crippen LogP contribution in [0.1, 0.15) is 0 Å². The van der Waals surface area contributed by atoms with Crippen molar-refractivity contribution in [3.8, 4) is 11.1 Å². The average Bonchev–Trinajstić information content (AvgIpc) is 3.27. The van der Waals surface area contributed by atoms with E-state index in [4.69, 9.17) is 4.98 Å². The molecule has 2 heterocycles. The second-order valence-electron chi connectivity index (χ2n) is 9.60. The van der Waals surface area contributed by atoms with Crippen LogP contribution in [0.15, 0.2) is 103 Å². The van der Waals surface area contributed by atoms with Gasteiger partial charge in [0.25, 0.3) is 0 Å². The normalized spacial score (nSPS) is 12.4. The molecule has 5 aromatic carbocycles. The van der Waals surface area contributed by atoms with E-state index in [0.29, 0.717) is 0 Å². The molecule has 0 spiro atoms. The van der Waals surface area contributed by atoms with Gasteiger partial charge in [0, 0.05) is 16.1 Å². The monoisotopic (exact) mass is 470 g/mol. The Balaban J connectivity index is 1.62. The second-order valence-corrected chi connectivity index (χ2v) is 12.8. The lowest BCUT2D eigenvalue weighted by atomic mass is 9.97. The molecule has 0 atom stereocenters. The molecule has 0 N–H and O–H groups in total. The van der Waals surface area contributed by atoms with Crippen molar-refractivity contribution in [1.29, 1.82) is 0 Å². The van der Waals surface area contributed by atoms with E-state index in [1.807, 2.05) is 31.5 Å². The Hall–Kier alpha value is -3.94. The van der Waals surface area contributed by atoms with Gasteiger partial charge in [-0.25, -0.2) is 4.98 Å². The van der Waals surface area contributed by atoms with Crippen molar-refractivity contribution in [2.75, 3.05) is 13.3 Å². The smallest absolute Gasteiger partial charge is 0.147 e. The largest absolute Gasteiger partial charge is 0.319 e. The van der Waals surface area contributed by atoms with E-state index in [2.05, 4.69) is 89.3 Å². The van der Waals surface area contributed by atoms with Crippen molar-refractivity contribution in [2.24, 2.45) is 0 Å². The summed E-state index contributed by atoms with van der Waals surface area (Å²) < 4.78 is 14.8. The highest BCUT2D eigenvalue weighted by Crippen LogP contribution is 2.38. The highest BCUT2D eigenvalue weighted by atomic mass is 31.2. The zero-order valence-electron chi connectivity index (χ0n) is 19.6. The Morgan fingerprint density at radius 3 is 2.20 bits per heavy atom. The van der Waals surface area contributed by atoms with Crippen LogP contribution in [0.2, 0.25) is 0 Å². The first kappa shape index (κ1) is 20.4. The van der Waals surface area contributed by atoms with Crippen molar-refractivity contribution < 1.29 is 4.57 Å². The van der Waals surface area contributed by atoms with Crippen molar-refractivity contribution in [1.82, 2.24) is 9.38 Å². The van der Waals surface area contributed by atoms with Crippen LogP contribution in [0.25, 0.3) is 60.3 Å². The van der Waals surface area contributed by atoms with Crippen LogP contribution in [0.5, 0.6) is 0 Å². The summed E-state index contributed by atoms with van der Waals surface area (Å²) in [5, 5.41) is 6.94. The minimum absolute atomic E-state index is 0.905. The second kappa shape index (κ2) is 7.28. The van der Waals surface area contributed by atoms with Gasteiger partial charge in [0.15, 0.2) is 0 Å². The highest BCUT2D eigenvalue weighted by Gasteiger charge is 2.17. The fourth-order valence-corrected chi connectivity index (χ4v) is 6.18. The molecule has 4 heteroatoms. The quantitative estimate of drug-likeness (QED) is 0.190. The van der Waals surface area contributed by atoms with Crippen LogP contribution in [-0.4, -0.2) is 22.7 Å². The number of hydrogen-bond donors (Lipinski definition) is 0. The summed E-state index contributed by atoms with van der Waals surface area (Å²) in [5.41, 5.74) is 6.45.